The molecule has 0 spiro atoms. The van der Waals surface area contributed by atoms with E-state index in [9.17, 15) is 0 Å². The van der Waals surface area contributed by atoms with E-state index in [-0.39, 0.29) is 11.8 Å². The average molecular weight is 241 g/mol. The van der Waals surface area contributed by atoms with Gasteiger partial charge >= 0.3 is 0 Å². The summed E-state index contributed by atoms with van der Waals surface area (Å²) in [5.41, 5.74) is 0.0968. The Labute approximate surface area is 108 Å². The van der Waals surface area contributed by atoms with Crippen molar-refractivity contribution in [2.75, 3.05) is 0 Å². The normalized spacial score (nSPS) is 29.5. The Morgan fingerprint density at radius 3 is 2.12 bits per heavy atom. The van der Waals surface area contributed by atoms with Crippen LogP contribution in [0.5, 0.6) is 0 Å². The molecule has 1 fully saturated rings. The van der Waals surface area contributed by atoms with E-state index in [0.29, 0.717) is 12.0 Å². The van der Waals surface area contributed by atoms with Gasteiger partial charge in [-0.2, -0.15) is 0 Å². The highest BCUT2D eigenvalue weighted by Gasteiger charge is 2.47. The summed E-state index contributed by atoms with van der Waals surface area (Å²) in [5, 5.41) is 3.73. The van der Waals surface area contributed by atoms with Crippen LogP contribution in [0.3, 0.4) is 0 Å². The van der Waals surface area contributed by atoms with Gasteiger partial charge in [0.2, 0.25) is 0 Å². The molecule has 17 heavy (non-hydrogen) atoms. The summed E-state index contributed by atoms with van der Waals surface area (Å²) in [6.45, 7) is 11.4. The molecule has 1 heterocycles. The summed E-state index contributed by atoms with van der Waals surface area (Å²) in [6.07, 6.45) is 7.39. The number of hydrogen-bond acceptors (Lipinski definition) is 2. The largest absolute Gasteiger partial charge is 0.355 e. The number of nitrogens with one attached hydrogen (secondary N) is 1. The quantitative estimate of drug-likeness (QED) is 0.724. The third-order valence-corrected chi connectivity index (χ3v) is 4.24. The van der Waals surface area contributed by atoms with Crippen LogP contribution in [0, 0.1) is 5.92 Å². The van der Waals surface area contributed by atoms with Crippen LogP contribution in [0.1, 0.15) is 73.1 Å². The molecule has 3 atom stereocenters. The maximum absolute atomic E-state index is 6.40. The van der Waals surface area contributed by atoms with Gasteiger partial charge in [-0.15, -0.1) is 0 Å². The second-order valence-corrected chi connectivity index (χ2v) is 5.61. The fourth-order valence-electron chi connectivity index (χ4n) is 3.26. The van der Waals surface area contributed by atoms with Crippen LogP contribution in [0.4, 0.5) is 0 Å². The van der Waals surface area contributed by atoms with Crippen molar-refractivity contribution in [1.29, 1.82) is 0 Å². The Morgan fingerprint density at radius 2 is 1.71 bits per heavy atom. The van der Waals surface area contributed by atoms with Gasteiger partial charge < -0.3 is 4.74 Å². The Hall–Kier alpha value is -0.0800. The van der Waals surface area contributed by atoms with Crippen LogP contribution in [0.25, 0.3) is 0 Å². The third-order valence-electron chi connectivity index (χ3n) is 4.24. The summed E-state index contributed by atoms with van der Waals surface area (Å²) in [4.78, 5) is 0. The molecule has 2 unspecified atom stereocenters. The molecule has 0 radical (unpaired) electrons. The van der Waals surface area contributed by atoms with Crippen molar-refractivity contribution >= 4 is 0 Å². The van der Waals surface area contributed by atoms with Crippen molar-refractivity contribution in [2.24, 2.45) is 5.92 Å². The van der Waals surface area contributed by atoms with Crippen molar-refractivity contribution in [3.63, 3.8) is 0 Å². The summed E-state index contributed by atoms with van der Waals surface area (Å²) in [7, 11) is 0. The van der Waals surface area contributed by atoms with E-state index < -0.39 is 0 Å². The molecule has 0 aromatic rings. The van der Waals surface area contributed by atoms with Gasteiger partial charge in [-0.05, 0) is 25.2 Å². The summed E-state index contributed by atoms with van der Waals surface area (Å²) in [5.74, 6) is 0.699. The molecule has 1 rings (SSSR count). The van der Waals surface area contributed by atoms with Crippen molar-refractivity contribution in [3.8, 4) is 0 Å². The molecule has 1 aliphatic heterocycles. The third kappa shape index (κ3) is 3.23. The van der Waals surface area contributed by atoms with E-state index in [1.165, 1.54) is 32.1 Å². The minimum atomic E-state index is 0.0968. The van der Waals surface area contributed by atoms with E-state index in [1.807, 2.05) is 0 Å². The lowest BCUT2D eigenvalue weighted by Crippen LogP contribution is -2.47. The van der Waals surface area contributed by atoms with Gasteiger partial charge in [0.25, 0.3) is 0 Å². The molecule has 1 aliphatic rings. The molecular weight excluding hydrogens is 210 g/mol. The molecule has 0 aromatic carbocycles. The van der Waals surface area contributed by atoms with Crippen LogP contribution in [0.15, 0.2) is 0 Å². The lowest BCUT2D eigenvalue weighted by Gasteiger charge is -2.36. The smallest absolute Gasteiger partial charge is 0.109 e. The van der Waals surface area contributed by atoms with Gasteiger partial charge in [-0.1, -0.05) is 53.9 Å². The second-order valence-electron chi connectivity index (χ2n) is 5.61. The maximum atomic E-state index is 6.40. The predicted octanol–water partition coefficient (Wildman–Crippen LogP) is 4.10. The van der Waals surface area contributed by atoms with Crippen LogP contribution in [0.2, 0.25) is 0 Å². The van der Waals surface area contributed by atoms with Crippen molar-refractivity contribution in [3.05, 3.63) is 0 Å². The molecule has 0 aromatic heterocycles. The zero-order valence-corrected chi connectivity index (χ0v) is 12.4. The van der Waals surface area contributed by atoms with E-state index in [2.05, 4.69) is 39.9 Å². The number of ether oxygens (including phenoxy) is 1. The Kier molecular flexibility index (Phi) is 5.94. The van der Waals surface area contributed by atoms with Crippen LogP contribution in [-0.2, 0) is 4.74 Å². The highest BCUT2D eigenvalue weighted by molar-refractivity contribution is 5.00. The lowest BCUT2D eigenvalue weighted by molar-refractivity contribution is -0.0661. The number of hydrogen-bond donors (Lipinski definition) is 1. The summed E-state index contributed by atoms with van der Waals surface area (Å²) < 4.78 is 6.40. The van der Waals surface area contributed by atoms with E-state index in [4.69, 9.17) is 4.74 Å². The highest BCUT2D eigenvalue weighted by atomic mass is 16.5. The van der Waals surface area contributed by atoms with E-state index >= 15 is 0 Å². The zero-order valence-electron chi connectivity index (χ0n) is 12.4. The van der Waals surface area contributed by atoms with Gasteiger partial charge in [-0.25, -0.2) is 0 Å². The fourth-order valence-corrected chi connectivity index (χ4v) is 3.26. The molecule has 0 amide bonds. The minimum absolute atomic E-state index is 0.0968. The average Bonchev–Trinajstić information content (AvgIpc) is 2.68. The zero-order chi connectivity index (χ0) is 12.9. The fraction of sp³-hybridized carbons (Fsp3) is 1.00. The minimum Gasteiger partial charge on any atom is -0.355 e. The molecular formula is C15H31NO. The molecule has 102 valence electrons. The first-order valence-electron chi connectivity index (χ1n) is 7.57. The van der Waals surface area contributed by atoms with Crippen molar-refractivity contribution in [2.45, 2.75) is 91.0 Å². The highest BCUT2D eigenvalue weighted by Crippen LogP contribution is 2.38. The van der Waals surface area contributed by atoms with Crippen molar-refractivity contribution < 1.29 is 4.74 Å². The Balaban J connectivity index is 2.87. The van der Waals surface area contributed by atoms with Crippen LogP contribution in [-0.4, -0.2) is 17.9 Å². The SMILES string of the molecule is CCCC1(CCC)OC(CC)N[C@H]1C(C)CC. The molecule has 2 nitrogen and oxygen atoms in total. The number of rotatable bonds is 7. The molecule has 2 heteroatoms. The Morgan fingerprint density at radius 1 is 1.12 bits per heavy atom. The van der Waals surface area contributed by atoms with Crippen molar-refractivity contribution in [1.82, 2.24) is 5.32 Å². The first kappa shape index (κ1) is 15.0. The second kappa shape index (κ2) is 6.75. The van der Waals surface area contributed by atoms with Gasteiger partial charge in [0.1, 0.15) is 6.23 Å². The van der Waals surface area contributed by atoms with Crippen LogP contribution < -0.4 is 5.32 Å². The van der Waals surface area contributed by atoms with Gasteiger partial charge in [0, 0.05) is 6.04 Å². The standard InChI is InChI=1S/C15H31NO/c1-6-10-15(11-7-2)14(12(5)8-3)16-13(9-4)17-15/h12-14,16H,6-11H2,1-5H3/t12?,13?,14-/m0/s1. The molecule has 0 aliphatic carbocycles. The van der Waals surface area contributed by atoms with E-state index in [1.54, 1.807) is 0 Å². The first-order valence-corrected chi connectivity index (χ1v) is 7.57. The van der Waals surface area contributed by atoms with Gasteiger partial charge in [0.15, 0.2) is 0 Å². The molecule has 1 N–H and O–H groups in total. The van der Waals surface area contributed by atoms with Crippen LogP contribution >= 0.6 is 0 Å². The molecule has 0 bridgehead atoms. The first-order chi connectivity index (χ1) is 8.13. The monoisotopic (exact) mass is 241 g/mol. The lowest BCUT2D eigenvalue weighted by atomic mass is 9.79. The summed E-state index contributed by atoms with van der Waals surface area (Å²) >= 11 is 0. The maximum Gasteiger partial charge on any atom is 0.109 e. The van der Waals surface area contributed by atoms with Gasteiger partial charge in [0.05, 0.1) is 5.60 Å². The topological polar surface area (TPSA) is 21.3 Å². The van der Waals surface area contributed by atoms with E-state index in [0.717, 1.165) is 6.42 Å². The predicted molar refractivity (Wildman–Crippen MR) is 74.1 cm³/mol. The molecule has 1 saturated heterocycles. The summed E-state index contributed by atoms with van der Waals surface area (Å²) in [6, 6.07) is 0.539. The molecule has 0 saturated carbocycles. The Bertz CT molecular complexity index is 211. The van der Waals surface area contributed by atoms with Gasteiger partial charge in [-0.3, -0.25) is 5.32 Å².